The van der Waals surface area contributed by atoms with Crippen molar-refractivity contribution in [1.29, 1.82) is 0 Å². The van der Waals surface area contributed by atoms with Crippen LogP contribution in [0.15, 0.2) is 35.8 Å². The largest absolute Gasteiger partial charge is 0.352 e. The van der Waals surface area contributed by atoms with Gasteiger partial charge in [-0.3, -0.25) is 18.9 Å². The van der Waals surface area contributed by atoms with Crippen LogP contribution < -0.4 is 5.32 Å². The molecule has 152 valence electrons. The Morgan fingerprint density at radius 1 is 1.24 bits per heavy atom. The standard InChI is InChI=1S/C20H24N6O2S/c1-14(27)25-10-9-24(2)17(13-25)19-23-22-18-6-5-15(12-26(18)19)20(28)21-8-7-16-4-3-11-29-16/h3-6,11-12,17H,7-10,13H2,1-2H3,(H,21,28)/t17-/m0/s1. The molecule has 4 heterocycles. The van der Waals surface area contributed by atoms with Gasteiger partial charge in [0.25, 0.3) is 5.91 Å². The van der Waals surface area contributed by atoms with Gasteiger partial charge in [0.2, 0.25) is 5.91 Å². The number of piperazine rings is 1. The van der Waals surface area contributed by atoms with Gasteiger partial charge in [-0.15, -0.1) is 21.5 Å². The van der Waals surface area contributed by atoms with Crippen LogP contribution in [-0.2, 0) is 11.2 Å². The highest BCUT2D eigenvalue weighted by Crippen LogP contribution is 2.23. The second-order valence-electron chi connectivity index (χ2n) is 7.25. The lowest BCUT2D eigenvalue weighted by atomic mass is 10.1. The lowest BCUT2D eigenvalue weighted by Crippen LogP contribution is -2.48. The number of thiophene rings is 1. The van der Waals surface area contributed by atoms with Crippen molar-refractivity contribution in [1.82, 2.24) is 29.7 Å². The van der Waals surface area contributed by atoms with Crippen LogP contribution in [0, 0.1) is 0 Å². The molecule has 2 amide bonds. The molecule has 1 fully saturated rings. The van der Waals surface area contributed by atoms with Crippen molar-refractivity contribution < 1.29 is 9.59 Å². The third-order valence-electron chi connectivity index (χ3n) is 5.32. The number of rotatable bonds is 5. The van der Waals surface area contributed by atoms with E-state index in [1.807, 2.05) is 27.8 Å². The van der Waals surface area contributed by atoms with E-state index < -0.39 is 0 Å². The van der Waals surface area contributed by atoms with Gasteiger partial charge in [-0.25, -0.2) is 0 Å². The summed E-state index contributed by atoms with van der Waals surface area (Å²) in [4.78, 5) is 29.7. The first-order chi connectivity index (χ1) is 14.0. The van der Waals surface area contributed by atoms with E-state index in [1.54, 1.807) is 36.6 Å². The van der Waals surface area contributed by atoms with Crippen LogP contribution in [0.1, 0.15) is 34.0 Å². The maximum atomic E-state index is 12.6. The van der Waals surface area contributed by atoms with Gasteiger partial charge in [0, 0.05) is 44.2 Å². The van der Waals surface area contributed by atoms with E-state index in [2.05, 4.69) is 26.5 Å². The van der Waals surface area contributed by atoms with Crippen molar-refractivity contribution in [2.45, 2.75) is 19.4 Å². The maximum Gasteiger partial charge on any atom is 0.252 e. The first-order valence-corrected chi connectivity index (χ1v) is 10.5. The van der Waals surface area contributed by atoms with Crippen molar-refractivity contribution in [3.05, 3.63) is 52.1 Å². The van der Waals surface area contributed by atoms with Gasteiger partial charge >= 0.3 is 0 Å². The molecule has 9 heteroatoms. The number of carbonyl (C=O) groups excluding carboxylic acids is 2. The molecule has 0 aromatic carbocycles. The van der Waals surface area contributed by atoms with Crippen LogP contribution >= 0.6 is 11.3 Å². The zero-order valence-corrected chi connectivity index (χ0v) is 17.4. The highest BCUT2D eigenvalue weighted by Gasteiger charge is 2.30. The second kappa shape index (κ2) is 8.30. The van der Waals surface area contributed by atoms with Gasteiger partial charge in [0.05, 0.1) is 11.6 Å². The van der Waals surface area contributed by atoms with E-state index in [0.717, 1.165) is 18.8 Å². The average molecular weight is 413 g/mol. The van der Waals surface area contributed by atoms with Crippen molar-refractivity contribution in [3.63, 3.8) is 0 Å². The first-order valence-electron chi connectivity index (χ1n) is 9.64. The number of hydrogen-bond donors (Lipinski definition) is 1. The van der Waals surface area contributed by atoms with Crippen LogP contribution in [-0.4, -0.2) is 69.4 Å². The molecule has 0 aliphatic carbocycles. The lowest BCUT2D eigenvalue weighted by molar-refractivity contribution is -0.131. The molecule has 8 nitrogen and oxygen atoms in total. The molecule has 3 aromatic rings. The highest BCUT2D eigenvalue weighted by atomic mass is 32.1. The molecule has 0 spiro atoms. The summed E-state index contributed by atoms with van der Waals surface area (Å²) in [5.74, 6) is 0.676. The van der Waals surface area contributed by atoms with E-state index in [4.69, 9.17) is 0 Å². The zero-order valence-electron chi connectivity index (χ0n) is 16.5. The number of carbonyl (C=O) groups is 2. The summed E-state index contributed by atoms with van der Waals surface area (Å²) in [7, 11) is 2.02. The molecule has 1 atom stereocenters. The Balaban J connectivity index is 1.52. The van der Waals surface area contributed by atoms with Crippen LogP contribution in [0.4, 0.5) is 0 Å². The van der Waals surface area contributed by atoms with Crippen LogP contribution in [0.5, 0.6) is 0 Å². The topological polar surface area (TPSA) is 82.8 Å². The number of aromatic nitrogens is 3. The normalized spacial score (nSPS) is 17.6. The number of pyridine rings is 1. The number of likely N-dealkylation sites (N-methyl/N-ethyl adjacent to an activating group) is 1. The first kappa shape index (κ1) is 19.5. The number of hydrogen-bond acceptors (Lipinski definition) is 6. The third-order valence-corrected chi connectivity index (χ3v) is 6.26. The molecule has 3 aromatic heterocycles. The Kier molecular flexibility index (Phi) is 5.59. The lowest BCUT2D eigenvalue weighted by Gasteiger charge is -2.38. The molecule has 0 radical (unpaired) electrons. The Labute approximate surface area is 173 Å². The summed E-state index contributed by atoms with van der Waals surface area (Å²) >= 11 is 1.69. The molecular formula is C20H24N6O2S. The van der Waals surface area contributed by atoms with E-state index in [1.165, 1.54) is 4.88 Å². The molecule has 0 unspecified atom stereocenters. The van der Waals surface area contributed by atoms with Gasteiger partial charge < -0.3 is 10.2 Å². The summed E-state index contributed by atoms with van der Waals surface area (Å²) in [6.45, 7) is 4.21. The fourth-order valence-electron chi connectivity index (χ4n) is 3.56. The van der Waals surface area contributed by atoms with Crippen molar-refractivity contribution in [3.8, 4) is 0 Å². The molecule has 4 rings (SSSR count). The molecule has 1 N–H and O–H groups in total. The fourth-order valence-corrected chi connectivity index (χ4v) is 4.27. The molecule has 1 saturated heterocycles. The Morgan fingerprint density at radius 2 is 2.10 bits per heavy atom. The minimum absolute atomic E-state index is 0.0581. The Bertz CT molecular complexity index is 1020. The summed E-state index contributed by atoms with van der Waals surface area (Å²) in [5.41, 5.74) is 1.25. The van der Waals surface area contributed by atoms with Gasteiger partial charge in [-0.05, 0) is 37.0 Å². The van der Waals surface area contributed by atoms with E-state index in [9.17, 15) is 9.59 Å². The molecular weight excluding hydrogens is 388 g/mol. The number of nitrogens with zero attached hydrogens (tertiary/aromatic N) is 5. The maximum absolute atomic E-state index is 12.6. The minimum Gasteiger partial charge on any atom is -0.352 e. The van der Waals surface area contributed by atoms with Gasteiger partial charge in [0.1, 0.15) is 0 Å². The van der Waals surface area contributed by atoms with Crippen molar-refractivity contribution in [2.75, 3.05) is 33.2 Å². The SMILES string of the molecule is CC(=O)N1CCN(C)[C@H](c2nnc3ccc(C(=O)NCCc4cccs4)cn23)C1. The molecule has 1 aliphatic heterocycles. The van der Waals surface area contributed by atoms with Crippen LogP contribution in [0.3, 0.4) is 0 Å². The number of amides is 2. The van der Waals surface area contributed by atoms with Crippen LogP contribution in [0.2, 0.25) is 0 Å². The van der Waals surface area contributed by atoms with Gasteiger partial charge in [-0.2, -0.15) is 0 Å². The predicted octanol–water partition coefficient (Wildman–Crippen LogP) is 1.60. The van der Waals surface area contributed by atoms with Crippen LogP contribution in [0.25, 0.3) is 5.65 Å². The van der Waals surface area contributed by atoms with Gasteiger partial charge in [0.15, 0.2) is 11.5 Å². The smallest absolute Gasteiger partial charge is 0.252 e. The summed E-state index contributed by atoms with van der Waals surface area (Å²) < 4.78 is 1.86. The monoisotopic (exact) mass is 412 g/mol. The molecule has 0 saturated carbocycles. The highest BCUT2D eigenvalue weighted by molar-refractivity contribution is 7.09. The fraction of sp³-hybridized carbons (Fsp3) is 0.400. The Morgan fingerprint density at radius 3 is 2.86 bits per heavy atom. The van der Waals surface area contributed by atoms with E-state index in [0.29, 0.717) is 30.8 Å². The quantitative estimate of drug-likeness (QED) is 0.688. The minimum atomic E-state index is -0.120. The second-order valence-corrected chi connectivity index (χ2v) is 8.28. The third kappa shape index (κ3) is 4.15. The average Bonchev–Trinajstić information content (AvgIpc) is 3.37. The number of nitrogens with one attached hydrogen (secondary N) is 1. The van der Waals surface area contributed by atoms with Crippen molar-refractivity contribution in [2.24, 2.45) is 0 Å². The van der Waals surface area contributed by atoms with E-state index in [-0.39, 0.29) is 17.9 Å². The van der Waals surface area contributed by atoms with E-state index >= 15 is 0 Å². The summed E-state index contributed by atoms with van der Waals surface area (Å²) in [5, 5.41) is 13.6. The van der Waals surface area contributed by atoms with Gasteiger partial charge in [-0.1, -0.05) is 6.07 Å². The number of fused-ring (bicyclic) bond motifs is 1. The zero-order chi connectivity index (χ0) is 20.4. The Hall–Kier alpha value is -2.78. The molecule has 29 heavy (non-hydrogen) atoms. The van der Waals surface area contributed by atoms with Crippen molar-refractivity contribution >= 4 is 28.8 Å². The molecule has 0 bridgehead atoms. The predicted molar refractivity (Wildman–Crippen MR) is 111 cm³/mol. The summed E-state index contributed by atoms with van der Waals surface area (Å²) in [6.07, 6.45) is 2.60. The summed E-state index contributed by atoms with van der Waals surface area (Å²) in [6, 6.07) is 7.58. The molecule has 1 aliphatic rings.